The SMILES string of the molecule is CCNC(=NCc1nccn1CCCc1ccccc1)N1CCCC(CC(N)=O)C1. The van der Waals surface area contributed by atoms with E-state index in [1.165, 1.54) is 5.56 Å². The van der Waals surface area contributed by atoms with Gasteiger partial charge in [0.25, 0.3) is 0 Å². The summed E-state index contributed by atoms with van der Waals surface area (Å²) < 4.78 is 2.20. The number of nitrogens with one attached hydrogen (secondary N) is 1. The molecule has 162 valence electrons. The molecule has 0 saturated carbocycles. The summed E-state index contributed by atoms with van der Waals surface area (Å²) in [5.41, 5.74) is 6.77. The van der Waals surface area contributed by atoms with Crippen molar-refractivity contribution >= 4 is 11.9 Å². The first kappa shape index (κ1) is 21.9. The number of hydrogen-bond donors (Lipinski definition) is 2. The van der Waals surface area contributed by atoms with Crippen LogP contribution in [-0.4, -0.2) is 46.0 Å². The average molecular weight is 411 g/mol. The van der Waals surface area contributed by atoms with Gasteiger partial charge in [-0.2, -0.15) is 0 Å². The highest BCUT2D eigenvalue weighted by molar-refractivity contribution is 5.80. The van der Waals surface area contributed by atoms with E-state index in [0.717, 1.165) is 63.6 Å². The Morgan fingerprint density at radius 1 is 1.33 bits per heavy atom. The third-order valence-electron chi connectivity index (χ3n) is 5.52. The van der Waals surface area contributed by atoms with Crippen LogP contribution in [0.3, 0.4) is 0 Å². The number of guanidine groups is 1. The fourth-order valence-electron chi connectivity index (χ4n) is 4.07. The minimum Gasteiger partial charge on any atom is -0.370 e. The van der Waals surface area contributed by atoms with Crippen LogP contribution in [0.4, 0.5) is 0 Å². The number of aromatic nitrogens is 2. The van der Waals surface area contributed by atoms with Crippen molar-refractivity contribution in [2.24, 2.45) is 16.6 Å². The van der Waals surface area contributed by atoms with E-state index in [1.54, 1.807) is 0 Å². The quantitative estimate of drug-likeness (QED) is 0.491. The van der Waals surface area contributed by atoms with Gasteiger partial charge in [0.05, 0.1) is 0 Å². The molecule has 7 heteroatoms. The van der Waals surface area contributed by atoms with Gasteiger partial charge >= 0.3 is 0 Å². The van der Waals surface area contributed by atoms with E-state index in [2.05, 4.69) is 57.0 Å². The number of carbonyl (C=O) groups excluding carboxylic acids is 1. The van der Waals surface area contributed by atoms with Gasteiger partial charge in [-0.15, -0.1) is 0 Å². The Morgan fingerprint density at radius 2 is 2.17 bits per heavy atom. The molecular weight excluding hydrogens is 376 g/mol. The number of nitrogens with two attached hydrogens (primary N) is 1. The van der Waals surface area contributed by atoms with Crippen LogP contribution in [0.1, 0.15) is 44.0 Å². The number of primary amides is 1. The normalized spacial score (nSPS) is 17.2. The third-order valence-corrected chi connectivity index (χ3v) is 5.52. The highest BCUT2D eigenvalue weighted by Crippen LogP contribution is 2.19. The minimum atomic E-state index is -0.221. The van der Waals surface area contributed by atoms with Crippen molar-refractivity contribution in [3.8, 4) is 0 Å². The van der Waals surface area contributed by atoms with Crippen LogP contribution in [-0.2, 0) is 24.3 Å². The fraction of sp³-hybridized carbons (Fsp3) is 0.522. The summed E-state index contributed by atoms with van der Waals surface area (Å²) in [6, 6.07) is 10.6. The lowest BCUT2D eigenvalue weighted by atomic mass is 9.95. The second-order valence-corrected chi connectivity index (χ2v) is 7.92. The summed E-state index contributed by atoms with van der Waals surface area (Å²) in [6.07, 6.45) is 8.55. The predicted octanol–water partition coefficient (Wildman–Crippen LogP) is 2.57. The molecule has 1 saturated heterocycles. The van der Waals surface area contributed by atoms with Crippen LogP contribution in [0.5, 0.6) is 0 Å². The van der Waals surface area contributed by atoms with Gasteiger partial charge in [0.15, 0.2) is 5.96 Å². The third kappa shape index (κ3) is 6.61. The molecule has 30 heavy (non-hydrogen) atoms. The zero-order chi connectivity index (χ0) is 21.2. The molecule has 0 radical (unpaired) electrons. The van der Waals surface area contributed by atoms with Gasteiger partial charge in [-0.05, 0) is 44.1 Å². The fourth-order valence-corrected chi connectivity index (χ4v) is 4.07. The van der Waals surface area contributed by atoms with Gasteiger partial charge in [-0.3, -0.25) is 4.79 Å². The molecule has 0 spiro atoms. The first-order valence-electron chi connectivity index (χ1n) is 11.0. The van der Waals surface area contributed by atoms with Crippen LogP contribution >= 0.6 is 0 Å². The molecule has 1 amide bonds. The van der Waals surface area contributed by atoms with E-state index >= 15 is 0 Å². The lowest BCUT2D eigenvalue weighted by Crippen LogP contribution is -2.47. The highest BCUT2D eigenvalue weighted by Gasteiger charge is 2.23. The maximum Gasteiger partial charge on any atom is 0.217 e. The summed E-state index contributed by atoms with van der Waals surface area (Å²) >= 11 is 0. The van der Waals surface area contributed by atoms with Crippen molar-refractivity contribution in [2.75, 3.05) is 19.6 Å². The van der Waals surface area contributed by atoms with Crippen LogP contribution in [0.2, 0.25) is 0 Å². The predicted molar refractivity (Wildman–Crippen MR) is 120 cm³/mol. The summed E-state index contributed by atoms with van der Waals surface area (Å²) in [6.45, 7) is 6.12. The number of nitrogens with zero attached hydrogens (tertiary/aromatic N) is 4. The van der Waals surface area contributed by atoms with Crippen LogP contribution in [0, 0.1) is 5.92 Å². The number of imidazole rings is 1. The maximum atomic E-state index is 11.3. The van der Waals surface area contributed by atoms with Crippen LogP contribution in [0.15, 0.2) is 47.7 Å². The zero-order valence-corrected chi connectivity index (χ0v) is 18.0. The molecule has 3 N–H and O–H groups in total. The number of benzene rings is 1. The molecule has 1 aliphatic heterocycles. The standard InChI is InChI=1S/C23H34N6O/c1-2-25-23(29-14-7-11-20(18-29)16-21(24)30)27-17-22-26-12-15-28(22)13-6-10-19-8-4-3-5-9-19/h3-5,8-9,12,15,20H,2,6-7,10-11,13-14,16-18H2,1H3,(H2,24,30)(H,25,27). The molecule has 1 aromatic heterocycles. The highest BCUT2D eigenvalue weighted by atomic mass is 16.1. The Bertz CT molecular complexity index is 816. The van der Waals surface area contributed by atoms with E-state index in [-0.39, 0.29) is 5.91 Å². The van der Waals surface area contributed by atoms with Gasteiger partial charge in [0, 0.05) is 45.0 Å². The van der Waals surface area contributed by atoms with Gasteiger partial charge in [-0.25, -0.2) is 9.98 Å². The molecule has 1 aliphatic rings. The Hall–Kier alpha value is -2.83. The molecule has 0 bridgehead atoms. The van der Waals surface area contributed by atoms with Crippen LogP contribution in [0.25, 0.3) is 0 Å². The van der Waals surface area contributed by atoms with Crippen molar-refractivity contribution in [1.82, 2.24) is 19.8 Å². The summed E-state index contributed by atoms with van der Waals surface area (Å²) in [5, 5.41) is 3.40. The largest absolute Gasteiger partial charge is 0.370 e. The number of carbonyl (C=O) groups is 1. The second-order valence-electron chi connectivity index (χ2n) is 7.92. The number of piperidine rings is 1. The number of aliphatic imine (C=N–C) groups is 1. The molecule has 0 aliphatic carbocycles. The molecule has 7 nitrogen and oxygen atoms in total. The minimum absolute atomic E-state index is 0.221. The lowest BCUT2D eigenvalue weighted by molar-refractivity contribution is -0.119. The summed E-state index contributed by atoms with van der Waals surface area (Å²) in [4.78, 5) is 22.9. The smallest absolute Gasteiger partial charge is 0.217 e. The number of aryl methyl sites for hydroxylation is 2. The van der Waals surface area contributed by atoms with Crippen molar-refractivity contribution in [2.45, 2.75) is 52.1 Å². The van der Waals surface area contributed by atoms with E-state index in [9.17, 15) is 4.79 Å². The summed E-state index contributed by atoms with van der Waals surface area (Å²) in [5.74, 6) is 1.95. The van der Waals surface area contributed by atoms with E-state index in [0.29, 0.717) is 18.9 Å². The first-order valence-corrected chi connectivity index (χ1v) is 11.0. The van der Waals surface area contributed by atoms with Crippen molar-refractivity contribution in [1.29, 1.82) is 0 Å². The van der Waals surface area contributed by atoms with Gasteiger partial charge in [0.2, 0.25) is 5.91 Å². The zero-order valence-electron chi connectivity index (χ0n) is 18.0. The second kappa shape index (κ2) is 11.4. The molecule has 1 unspecified atom stereocenters. The van der Waals surface area contributed by atoms with Gasteiger partial charge < -0.3 is 20.5 Å². The van der Waals surface area contributed by atoms with E-state index < -0.39 is 0 Å². The molecule has 1 aromatic carbocycles. The van der Waals surface area contributed by atoms with Gasteiger partial charge in [0.1, 0.15) is 12.4 Å². The molecular formula is C23H34N6O. The molecule has 1 fully saturated rings. The Labute approximate surface area is 179 Å². The Kier molecular flexibility index (Phi) is 8.30. The Balaban J connectivity index is 1.58. The number of hydrogen-bond acceptors (Lipinski definition) is 3. The van der Waals surface area contributed by atoms with E-state index in [1.807, 2.05) is 12.4 Å². The number of likely N-dealkylation sites (tertiary alicyclic amines) is 1. The molecule has 3 rings (SSSR count). The van der Waals surface area contributed by atoms with Crippen molar-refractivity contribution < 1.29 is 4.79 Å². The van der Waals surface area contributed by atoms with Gasteiger partial charge in [-0.1, -0.05) is 30.3 Å². The molecule has 2 heterocycles. The average Bonchev–Trinajstić information content (AvgIpc) is 3.19. The Morgan fingerprint density at radius 3 is 2.93 bits per heavy atom. The topological polar surface area (TPSA) is 88.5 Å². The lowest BCUT2D eigenvalue weighted by Gasteiger charge is -2.34. The van der Waals surface area contributed by atoms with Crippen molar-refractivity contribution in [3.63, 3.8) is 0 Å². The molecule has 1 atom stereocenters. The monoisotopic (exact) mass is 410 g/mol. The number of rotatable bonds is 9. The number of amides is 1. The molecule has 2 aromatic rings. The van der Waals surface area contributed by atoms with Crippen LogP contribution < -0.4 is 11.1 Å². The summed E-state index contributed by atoms with van der Waals surface area (Å²) in [7, 11) is 0. The van der Waals surface area contributed by atoms with E-state index in [4.69, 9.17) is 10.7 Å². The first-order chi connectivity index (χ1) is 14.7. The van der Waals surface area contributed by atoms with Crippen molar-refractivity contribution in [3.05, 3.63) is 54.1 Å². The maximum absolute atomic E-state index is 11.3.